The SMILES string of the molecule is CCOC(=O)c1pcc2ccccn12. The highest BCUT2D eigenvalue weighted by Gasteiger charge is 2.11. The molecule has 0 fully saturated rings. The molecule has 2 heterocycles. The molecule has 0 aliphatic carbocycles. The number of esters is 1. The quantitative estimate of drug-likeness (QED) is 0.709. The van der Waals surface area contributed by atoms with Crippen molar-refractivity contribution in [3.05, 3.63) is 35.6 Å². The molecule has 0 amide bonds. The van der Waals surface area contributed by atoms with Crippen LogP contribution in [0.5, 0.6) is 0 Å². The summed E-state index contributed by atoms with van der Waals surface area (Å²) in [6.45, 7) is 2.23. The lowest BCUT2D eigenvalue weighted by atomic mass is 10.4. The number of fused-ring (bicyclic) bond motifs is 1. The second-order valence-corrected chi connectivity index (χ2v) is 3.74. The van der Waals surface area contributed by atoms with Crippen molar-refractivity contribution >= 4 is 19.7 Å². The van der Waals surface area contributed by atoms with E-state index in [-0.39, 0.29) is 5.97 Å². The van der Waals surface area contributed by atoms with E-state index in [4.69, 9.17) is 4.74 Å². The molecule has 0 radical (unpaired) electrons. The lowest BCUT2D eigenvalue weighted by Gasteiger charge is -2.01. The minimum atomic E-state index is -0.236. The molecular weight excluding hydrogens is 197 g/mol. The van der Waals surface area contributed by atoms with Gasteiger partial charge < -0.3 is 9.14 Å². The van der Waals surface area contributed by atoms with Crippen LogP contribution in [0.25, 0.3) is 5.52 Å². The Balaban J connectivity index is 2.47. The van der Waals surface area contributed by atoms with Gasteiger partial charge in [-0.1, -0.05) is 6.07 Å². The Kier molecular flexibility index (Phi) is 2.51. The molecule has 0 atom stereocenters. The average Bonchev–Trinajstić information content (AvgIpc) is 2.61. The van der Waals surface area contributed by atoms with Crippen molar-refractivity contribution in [2.24, 2.45) is 0 Å². The van der Waals surface area contributed by atoms with Crippen LogP contribution in [-0.4, -0.2) is 17.0 Å². The minimum absolute atomic E-state index is 0.236. The molecule has 0 N–H and O–H groups in total. The molecule has 0 saturated carbocycles. The van der Waals surface area contributed by atoms with Gasteiger partial charge in [0.2, 0.25) is 0 Å². The summed E-state index contributed by atoms with van der Waals surface area (Å²) in [5, 5.41) is 0. The van der Waals surface area contributed by atoms with Gasteiger partial charge in [0.15, 0.2) is 5.43 Å². The van der Waals surface area contributed by atoms with Crippen LogP contribution < -0.4 is 0 Å². The highest BCUT2D eigenvalue weighted by Crippen LogP contribution is 2.21. The lowest BCUT2D eigenvalue weighted by Crippen LogP contribution is -2.06. The van der Waals surface area contributed by atoms with Crippen LogP contribution in [0.2, 0.25) is 0 Å². The topological polar surface area (TPSA) is 30.7 Å². The zero-order valence-electron chi connectivity index (χ0n) is 7.80. The second-order valence-electron chi connectivity index (χ2n) is 2.80. The Hall–Kier alpha value is -1.34. The molecule has 0 unspecified atom stereocenters. The van der Waals surface area contributed by atoms with E-state index in [1.165, 1.54) is 0 Å². The van der Waals surface area contributed by atoms with Crippen molar-refractivity contribution in [3.8, 4) is 0 Å². The van der Waals surface area contributed by atoms with Gasteiger partial charge in [0.05, 0.1) is 12.1 Å². The van der Waals surface area contributed by atoms with Gasteiger partial charge in [0, 0.05) is 6.20 Å². The first-order chi connectivity index (χ1) is 6.83. The maximum atomic E-state index is 11.5. The van der Waals surface area contributed by atoms with Gasteiger partial charge in [-0.25, -0.2) is 4.79 Å². The van der Waals surface area contributed by atoms with Gasteiger partial charge >= 0.3 is 5.97 Å². The fourth-order valence-electron chi connectivity index (χ4n) is 1.29. The number of hydrogen-bond acceptors (Lipinski definition) is 2. The number of rotatable bonds is 2. The molecule has 0 aliphatic rings. The molecule has 72 valence electrons. The molecule has 2 rings (SSSR count). The Morgan fingerprint density at radius 3 is 3.21 bits per heavy atom. The van der Waals surface area contributed by atoms with Crippen LogP contribution >= 0.6 is 8.19 Å². The number of carbonyl (C=O) groups excluding carboxylic acids is 1. The predicted molar refractivity (Wildman–Crippen MR) is 55.9 cm³/mol. The summed E-state index contributed by atoms with van der Waals surface area (Å²) in [4.78, 5) is 11.5. The largest absolute Gasteiger partial charge is 0.461 e. The summed E-state index contributed by atoms with van der Waals surface area (Å²) < 4.78 is 6.82. The van der Waals surface area contributed by atoms with Crippen LogP contribution in [0, 0.1) is 0 Å². The molecule has 14 heavy (non-hydrogen) atoms. The number of ether oxygens (including phenoxy) is 1. The van der Waals surface area contributed by atoms with E-state index in [0.717, 1.165) is 13.7 Å². The highest BCUT2D eigenvalue weighted by molar-refractivity contribution is 7.31. The Morgan fingerprint density at radius 2 is 2.43 bits per heavy atom. The molecule has 4 heteroatoms. The molecular formula is C10H10NO2P. The van der Waals surface area contributed by atoms with E-state index >= 15 is 0 Å². The first-order valence-electron chi connectivity index (χ1n) is 4.42. The van der Waals surface area contributed by atoms with Crippen LogP contribution in [0.1, 0.15) is 17.1 Å². The molecule has 2 aromatic rings. The van der Waals surface area contributed by atoms with Gasteiger partial charge in [-0.05, 0) is 33.0 Å². The second kappa shape index (κ2) is 3.81. The zero-order valence-corrected chi connectivity index (χ0v) is 8.70. The summed E-state index contributed by atoms with van der Waals surface area (Å²) in [6.07, 6.45) is 1.87. The van der Waals surface area contributed by atoms with Gasteiger partial charge in [-0.2, -0.15) is 0 Å². The third-order valence-corrected chi connectivity index (χ3v) is 2.93. The highest BCUT2D eigenvalue weighted by atomic mass is 31.0. The monoisotopic (exact) mass is 207 g/mol. The van der Waals surface area contributed by atoms with Crippen molar-refractivity contribution in [2.75, 3.05) is 6.61 Å². The standard InChI is InChI=1S/C10H10NO2P/c1-2-13-10(12)9-11-6-4-3-5-8(11)7-14-9/h3-7H,2H2,1H3. The maximum absolute atomic E-state index is 11.5. The fraction of sp³-hybridized carbons (Fsp3) is 0.200. The van der Waals surface area contributed by atoms with Crippen molar-refractivity contribution in [1.82, 2.24) is 4.40 Å². The van der Waals surface area contributed by atoms with E-state index in [2.05, 4.69) is 0 Å². The van der Waals surface area contributed by atoms with E-state index in [1.807, 2.05) is 41.5 Å². The lowest BCUT2D eigenvalue weighted by molar-refractivity contribution is 0.0524. The van der Waals surface area contributed by atoms with E-state index < -0.39 is 0 Å². The molecule has 3 nitrogen and oxygen atoms in total. The van der Waals surface area contributed by atoms with Crippen molar-refractivity contribution in [3.63, 3.8) is 0 Å². The molecule has 0 aromatic carbocycles. The third kappa shape index (κ3) is 1.51. The molecule has 0 aliphatic heterocycles. The summed E-state index contributed by atoms with van der Waals surface area (Å²) >= 11 is 0. The molecule has 0 bridgehead atoms. The van der Waals surface area contributed by atoms with E-state index in [1.54, 1.807) is 0 Å². The van der Waals surface area contributed by atoms with Crippen molar-refractivity contribution in [1.29, 1.82) is 0 Å². The zero-order chi connectivity index (χ0) is 9.97. The third-order valence-electron chi connectivity index (χ3n) is 1.90. The van der Waals surface area contributed by atoms with Gasteiger partial charge in [-0.15, -0.1) is 0 Å². The first-order valence-corrected chi connectivity index (χ1v) is 5.38. The molecule has 2 aromatic heterocycles. The average molecular weight is 207 g/mol. The Morgan fingerprint density at radius 1 is 1.57 bits per heavy atom. The number of pyridine rings is 1. The molecule has 0 saturated heterocycles. The van der Waals surface area contributed by atoms with Gasteiger partial charge in [0.1, 0.15) is 0 Å². The first kappa shape index (κ1) is 9.22. The van der Waals surface area contributed by atoms with Crippen LogP contribution in [0.3, 0.4) is 0 Å². The summed E-state index contributed by atoms with van der Waals surface area (Å²) in [5.74, 6) is 1.76. The van der Waals surface area contributed by atoms with Crippen LogP contribution in [-0.2, 0) is 4.74 Å². The van der Waals surface area contributed by atoms with Crippen LogP contribution in [0.15, 0.2) is 30.2 Å². The minimum Gasteiger partial charge on any atom is -0.461 e. The smallest absolute Gasteiger partial charge is 0.360 e. The van der Waals surface area contributed by atoms with Crippen LogP contribution in [0.4, 0.5) is 0 Å². The predicted octanol–water partition coefficient (Wildman–Crippen LogP) is 2.70. The van der Waals surface area contributed by atoms with Gasteiger partial charge in [0.25, 0.3) is 0 Å². The summed E-state index contributed by atoms with van der Waals surface area (Å²) in [7, 11) is 0.904. The van der Waals surface area contributed by atoms with Crippen molar-refractivity contribution < 1.29 is 9.53 Å². The van der Waals surface area contributed by atoms with E-state index in [0.29, 0.717) is 12.0 Å². The van der Waals surface area contributed by atoms with Crippen molar-refractivity contribution in [2.45, 2.75) is 6.92 Å². The summed E-state index contributed by atoms with van der Waals surface area (Å²) in [5.41, 5.74) is 1.71. The fourth-order valence-corrected chi connectivity index (χ4v) is 2.23. The normalized spacial score (nSPS) is 10.9. The van der Waals surface area contributed by atoms with Gasteiger partial charge in [-0.3, -0.25) is 0 Å². The Labute approximate surface area is 83.4 Å². The number of aromatic nitrogens is 1. The molecule has 0 spiro atoms. The Bertz CT molecular complexity index is 464. The number of carbonyl (C=O) groups is 1. The number of nitrogens with zero attached hydrogens (tertiary/aromatic N) is 1. The maximum Gasteiger partial charge on any atom is 0.360 e. The number of hydrogen-bond donors (Lipinski definition) is 0. The summed E-state index contributed by atoms with van der Waals surface area (Å²) in [6, 6.07) is 5.82. The van der Waals surface area contributed by atoms with E-state index in [9.17, 15) is 4.79 Å².